The number of unbranched alkanes of at least 4 members (excludes halogenated alkanes) is 2. The second-order valence-corrected chi connectivity index (χ2v) is 7.28. The van der Waals surface area contributed by atoms with E-state index in [1.165, 1.54) is 0 Å². The SMILES string of the molecule is CCCCC[C@H](C)NC(=O)CN1C(=O)N[C@@]2(CCSC2)C1=O. The van der Waals surface area contributed by atoms with Crippen LogP contribution in [0, 0.1) is 0 Å². The van der Waals surface area contributed by atoms with Crippen LogP contribution in [0.4, 0.5) is 4.79 Å². The maximum Gasteiger partial charge on any atom is 0.325 e. The van der Waals surface area contributed by atoms with Crippen molar-refractivity contribution in [3.63, 3.8) is 0 Å². The van der Waals surface area contributed by atoms with Gasteiger partial charge in [-0.25, -0.2) is 4.79 Å². The molecule has 2 fully saturated rings. The summed E-state index contributed by atoms with van der Waals surface area (Å²) >= 11 is 1.66. The van der Waals surface area contributed by atoms with Crippen molar-refractivity contribution in [2.24, 2.45) is 0 Å². The zero-order valence-corrected chi connectivity index (χ0v) is 14.1. The van der Waals surface area contributed by atoms with Crippen molar-refractivity contribution in [2.45, 2.75) is 57.5 Å². The third-order valence-electron chi connectivity index (χ3n) is 4.22. The minimum atomic E-state index is -0.769. The fourth-order valence-corrected chi connectivity index (χ4v) is 4.21. The molecule has 0 aromatic carbocycles. The van der Waals surface area contributed by atoms with E-state index in [0.29, 0.717) is 12.2 Å². The van der Waals surface area contributed by atoms with Gasteiger partial charge in [-0.05, 0) is 25.5 Å². The Morgan fingerprint density at radius 1 is 1.45 bits per heavy atom. The Morgan fingerprint density at radius 2 is 2.23 bits per heavy atom. The van der Waals surface area contributed by atoms with E-state index in [-0.39, 0.29) is 24.4 Å². The summed E-state index contributed by atoms with van der Waals surface area (Å²) < 4.78 is 0. The number of carbonyl (C=O) groups is 3. The van der Waals surface area contributed by atoms with Crippen LogP contribution < -0.4 is 10.6 Å². The average Bonchev–Trinajstić information content (AvgIpc) is 3.01. The lowest BCUT2D eigenvalue weighted by atomic mass is 9.99. The quantitative estimate of drug-likeness (QED) is 0.549. The molecule has 0 bridgehead atoms. The summed E-state index contributed by atoms with van der Waals surface area (Å²) in [6.07, 6.45) is 4.92. The fourth-order valence-electron chi connectivity index (χ4n) is 2.89. The topological polar surface area (TPSA) is 78.5 Å². The number of imide groups is 1. The summed E-state index contributed by atoms with van der Waals surface area (Å²) in [6, 6.07) is -0.378. The predicted octanol–water partition coefficient (Wildman–Crippen LogP) is 1.50. The molecular weight excluding hydrogens is 302 g/mol. The highest BCUT2D eigenvalue weighted by molar-refractivity contribution is 7.99. The molecule has 22 heavy (non-hydrogen) atoms. The second kappa shape index (κ2) is 7.35. The second-order valence-electron chi connectivity index (χ2n) is 6.17. The third-order valence-corrected chi connectivity index (χ3v) is 5.41. The van der Waals surface area contributed by atoms with Crippen LogP contribution in [0.3, 0.4) is 0 Å². The number of nitrogens with zero attached hydrogens (tertiary/aromatic N) is 1. The highest BCUT2D eigenvalue weighted by atomic mass is 32.2. The van der Waals surface area contributed by atoms with Gasteiger partial charge < -0.3 is 10.6 Å². The van der Waals surface area contributed by atoms with Crippen molar-refractivity contribution >= 4 is 29.6 Å². The van der Waals surface area contributed by atoms with Crippen LogP contribution in [0.15, 0.2) is 0 Å². The molecule has 4 amide bonds. The molecular formula is C15H25N3O3S. The molecule has 0 aromatic heterocycles. The van der Waals surface area contributed by atoms with Crippen LogP contribution in [-0.4, -0.2) is 52.4 Å². The van der Waals surface area contributed by atoms with Gasteiger partial charge in [0.05, 0.1) is 0 Å². The van der Waals surface area contributed by atoms with E-state index in [2.05, 4.69) is 17.6 Å². The Bertz CT molecular complexity index is 449. The van der Waals surface area contributed by atoms with Crippen LogP contribution in [-0.2, 0) is 9.59 Å². The molecule has 2 heterocycles. The molecule has 2 aliphatic rings. The number of amides is 4. The monoisotopic (exact) mass is 327 g/mol. The van der Waals surface area contributed by atoms with Gasteiger partial charge in [-0.2, -0.15) is 11.8 Å². The van der Waals surface area contributed by atoms with Crippen molar-refractivity contribution in [1.29, 1.82) is 0 Å². The van der Waals surface area contributed by atoms with Gasteiger partial charge in [0, 0.05) is 11.8 Å². The van der Waals surface area contributed by atoms with Crippen molar-refractivity contribution in [2.75, 3.05) is 18.1 Å². The number of urea groups is 1. The molecule has 1 spiro atoms. The van der Waals surface area contributed by atoms with Crippen LogP contribution in [0.2, 0.25) is 0 Å². The molecule has 0 aliphatic carbocycles. The van der Waals surface area contributed by atoms with Gasteiger partial charge in [-0.15, -0.1) is 0 Å². The molecule has 2 N–H and O–H groups in total. The molecule has 2 saturated heterocycles. The zero-order chi connectivity index (χ0) is 16.2. The molecule has 6 nitrogen and oxygen atoms in total. The Hall–Kier alpha value is -1.24. The summed E-state index contributed by atoms with van der Waals surface area (Å²) in [5.41, 5.74) is -0.769. The molecule has 0 aromatic rings. The first-order chi connectivity index (χ1) is 10.5. The number of rotatable bonds is 7. The average molecular weight is 327 g/mol. The largest absolute Gasteiger partial charge is 0.352 e. The van der Waals surface area contributed by atoms with Crippen LogP contribution in [0.5, 0.6) is 0 Å². The molecule has 2 atom stereocenters. The lowest BCUT2D eigenvalue weighted by Gasteiger charge is -2.20. The minimum Gasteiger partial charge on any atom is -0.352 e. The van der Waals surface area contributed by atoms with Crippen LogP contribution in [0.1, 0.15) is 46.0 Å². The van der Waals surface area contributed by atoms with E-state index in [1.807, 2.05) is 6.92 Å². The Balaban J connectivity index is 1.83. The van der Waals surface area contributed by atoms with Gasteiger partial charge in [-0.1, -0.05) is 26.2 Å². The first-order valence-corrected chi connectivity index (χ1v) is 9.15. The van der Waals surface area contributed by atoms with Gasteiger partial charge in [0.15, 0.2) is 0 Å². The van der Waals surface area contributed by atoms with E-state index in [0.717, 1.165) is 36.3 Å². The smallest absolute Gasteiger partial charge is 0.325 e. The van der Waals surface area contributed by atoms with Gasteiger partial charge >= 0.3 is 6.03 Å². The standard InChI is InChI=1S/C15H25N3O3S/c1-3-4-5-6-11(2)16-12(19)9-18-13(20)15(17-14(18)21)7-8-22-10-15/h11H,3-10H2,1-2H3,(H,16,19)(H,17,21)/t11-,15+/m0/s1. The third kappa shape index (κ3) is 3.74. The molecule has 124 valence electrons. The number of nitrogens with one attached hydrogen (secondary N) is 2. The summed E-state index contributed by atoms with van der Waals surface area (Å²) in [4.78, 5) is 37.5. The zero-order valence-electron chi connectivity index (χ0n) is 13.3. The van der Waals surface area contributed by atoms with Crippen molar-refractivity contribution in [3.05, 3.63) is 0 Å². The summed E-state index contributed by atoms with van der Waals surface area (Å²) in [5, 5.41) is 5.63. The summed E-state index contributed by atoms with van der Waals surface area (Å²) in [7, 11) is 0. The summed E-state index contributed by atoms with van der Waals surface area (Å²) in [6.45, 7) is 3.90. The Morgan fingerprint density at radius 3 is 2.86 bits per heavy atom. The first-order valence-electron chi connectivity index (χ1n) is 8.00. The highest BCUT2D eigenvalue weighted by Gasteiger charge is 2.53. The van der Waals surface area contributed by atoms with Gasteiger partial charge in [0.25, 0.3) is 5.91 Å². The summed E-state index contributed by atoms with van der Waals surface area (Å²) in [5.74, 6) is 0.940. The van der Waals surface area contributed by atoms with E-state index < -0.39 is 11.6 Å². The number of hydrogen-bond acceptors (Lipinski definition) is 4. The van der Waals surface area contributed by atoms with Gasteiger partial charge in [-0.3, -0.25) is 14.5 Å². The predicted molar refractivity (Wildman–Crippen MR) is 86.7 cm³/mol. The molecule has 7 heteroatoms. The number of hydrogen-bond donors (Lipinski definition) is 2. The van der Waals surface area contributed by atoms with Crippen LogP contribution in [0.25, 0.3) is 0 Å². The van der Waals surface area contributed by atoms with E-state index >= 15 is 0 Å². The minimum absolute atomic E-state index is 0.0656. The number of carbonyl (C=O) groups excluding carboxylic acids is 3. The maximum absolute atomic E-state index is 12.4. The lowest BCUT2D eigenvalue weighted by molar-refractivity contribution is -0.134. The highest BCUT2D eigenvalue weighted by Crippen LogP contribution is 2.33. The van der Waals surface area contributed by atoms with E-state index in [4.69, 9.17) is 0 Å². The maximum atomic E-state index is 12.4. The van der Waals surface area contributed by atoms with Crippen molar-refractivity contribution in [3.8, 4) is 0 Å². The lowest BCUT2D eigenvalue weighted by Crippen LogP contribution is -2.48. The molecule has 2 aliphatic heterocycles. The van der Waals surface area contributed by atoms with Gasteiger partial charge in [0.2, 0.25) is 5.91 Å². The first kappa shape index (κ1) is 17.1. The van der Waals surface area contributed by atoms with E-state index in [1.54, 1.807) is 11.8 Å². The van der Waals surface area contributed by atoms with Crippen molar-refractivity contribution < 1.29 is 14.4 Å². The molecule has 0 saturated carbocycles. The fraction of sp³-hybridized carbons (Fsp3) is 0.800. The molecule has 0 radical (unpaired) electrons. The van der Waals surface area contributed by atoms with E-state index in [9.17, 15) is 14.4 Å². The molecule has 0 unspecified atom stereocenters. The molecule has 2 rings (SSSR count). The normalized spacial score (nSPS) is 25.6. The number of thioether (sulfide) groups is 1. The Kier molecular flexibility index (Phi) is 5.72. The van der Waals surface area contributed by atoms with Crippen molar-refractivity contribution in [1.82, 2.24) is 15.5 Å². The van der Waals surface area contributed by atoms with Gasteiger partial charge in [0.1, 0.15) is 12.1 Å². The Labute approximate surface area is 135 Å². The van der Waals surface area contributed by atoms with Crippen LogP contribution >= 0.6 is 11.8 Å².